The summed E-state index contributed by atoms with van der Waals surface area (Å²) in [6.45, 7) is 7.78. The summed E-state index contributed by atoms with van der Waals surface area (Å²) in [5, 5.41) is 8.49. The molecule has 0 heterocycles. The average molecular weight is 433 g/mol. The summed E-state index contributed by atoms with van der Waals surface area (Å²) in [5.41, 5.74) is 0.864. The molecule has 1 aliphatic rings. The number of alkyl halides is 7. The molecule has 1 rings (SSSR count). The fraction of sp³-hybridized carbons (Fsp3) is 0.500. The van der Waals surface area contributed by atoms with Gasteiger partial charge >= 0.3 is 18.0 Å². The number of hydrogen-bond acceptors (Lipinski definition) is 1. The van der Waals surface area contributed by atoms with Crippen LogP contribution in [0, 0.1) is 28.6 Å². The predicted molar refractivity (Wildman–Crippen MR) is 101 cm³/mol. The molecule has 0 radical (unpaired) electrons. The molecule has 0 amide bonds. The highest BCUT2D eigenvalue weighted by Crippen LogP contribution is 2.49. The van der Waals surface area contributed by atoms with Crippen LogP contribution in [-0.2, 0) is 0 Å². The summed E-state index contributed by atoms with van der Waals surface area (Å²) in [6.07, 6.45) is 1.05. The Morgan fingerprint density at radius 2 is 1.67 bits per heavy atom. The van der Waals surface area contributed by atoms with Gasteiger partial charge in [0.15, 0.2) is 0 Å². The number of halogens is 7. The lowest BCUT2D eigenvalue weighted by Crippen LogP contribution is -2.52. The van der Waals surface area contributed by atoms with Gasteiger partial charge in [-0.05, 0) is 55.7 Å². The molecule has 30 heavy (non-hydrogen) atoms. The lowest BCUT2D eigenvalue weighted by atomic mass is 9.72. The maximum atomic E-state index is 13.8. The molecular formula is C22H22F7N. The van der Waals surface area contributed by atoms with Crippen molar-refractivity contribution in [2.45, 2.75) is 65.0 Å². The topological polar surface area (TPSA) is 23.8 Å². The van der Waals surface area contributed by atoms with Gasteiger partial charge in [0.1, 0.15) is 0 Å². The number of hydrogen-bond donors (Lipinski definition) is 0. The van der Waals surface area contributed by atoms with Crippen LogP contribution in [0.4, 0.5) is 30.7 Å². The third-order valence-corrected chi connectivity index (χ3v) is 4.86. The van der Waals surface area contributed by atoms with Gasteiger partial charge in [-0.3, -0.25) is 0 Å². The molecule has 0 N–H and O–H groups in total. The van der Waals surface area contributed by atoms with Gasteiger partial charge in [-0.15, -0.1) is 0 Å². The van der Waals surface area contributed by atoms with E-state index in [1.165, 1.54) is 5.57 Å². The Morgan fingerprint density at radius 1 is 1.07 bits per heavy atom. The number of allylic oxidation sites excluding steroid dienone is 8. The molecule has 164 valence electrons. The molecule has 0 atom stereocenters. The van der Waals surface area contributed by atoms with Crippen LogP contribution < -0.4 is 0 Å². The molecular weight excluding hydrogens is 411 g/mol. The van der Waals surface area contributed by atoms with E-state index in [0.29, 0.717) is 5.57 Å². The van der Waals surface area contributed by atoms with E-state index in [-0.39, 0.29) is 11.5 Å². The number of rotatable bonds is 4. The van der Waals surface area contributed by atoms with Gasteiger partial charge in [0.05, 0.1) is 11.6 Å². The second-order valence-electron chi connectivity index (χ2n) is 7.76. The van der Waals surface area contributed by atoms with E-state index >= 15 is 0 Å². The smallest absolute Gasteiger partial charge is 0.193 e. The Hall–Kier alpha value is -2.48. The zero-order valence-electron chi connectivity index (χ0n) is 17.0. The van der Waals surface area contributed by atoms with E-state index in [4.69, 9.17) is 5.26 Å². The van der Waals surface area contributed by atoms with Crippen LogP contribution in [0.1, 0.15) is 47.0 Å². The maximum Gasteiger partial charge on any atom is 0.460 e. The zero-order chi connectivity index (χ0) is 23.4. The second kappa shape index (κ2) is 9.12. The highest BCUT2D eigenvalue weighted by Gasteiger charge is 2.74. The highest BCUT2D eigenvalue weighted by molar-refractivity contribution is 5.44. The molecule has 0 fully saturated rings. The molecule has 1 aliphatic carbocycles. The van der Waals surface area contributed by atoms with Crippen molar-refractivity contribution < 1.29 is 30.7 Å². The first kappa shape index (κ1) is 25.6. The quantitative estimate of drug-likeness (QED) is 0.197. The summed E-state index contributed by atoms with van der Waals surface area (Å²) in [7, 11) is 0. The summed E-state index contributed by atoms with van der Waals surface area (Å²) in [5.74, 6) is -8.44. The van der Waals surface area contributed by atoms with Crippen molar-refractivity contribution in [2.75, 3.05) is 0 Å². The number of nitrogens with zero attached hydrogens (tertiary/aromatic N) is 1. The van der Waals surface area contributed by atoms with Crippen LogP contribution >= 0.6 is 0 Å². The third-order valence-electron chi connectivity index (χ3n) is 4.86. The SMILES string of the molecule is CC1=C(/C=C/C(C)=C/C#C/C(=C\C#N)C(F)(F)C(F)(F)C(F)(F)F)C(C)(C)CCC1. The fourth-order valence-corrected chi connectivity index (χ4v) is 3.12. The second-order valence-corrected chi connectivity index (χ2v) is 7.76. The molecule has 1 nitrogen and oxygen atoms in total. The van der Waals surface area contributed by atoms with Gasteiger partial charge in [0.2, 0.25) is 0 Å². The van der Waals surface area contributed by atoms with Crippen molar-refractivity contribution in [2.24, 2.45) is 5.41 Å². The minimum atomic E-state index is -6.50. The Bertz CT molecular complexity index is 879. The van der Waals surface area contributed by atoms with Crippen molar-refractivity contribution in [3.8, 4) is 17.9 Å². The molecule has 0 unspecified atom stereocenters. The van der Waals surface area contributed by atoms with E-state index in [1.54, 1.807) is 18.9 Å². The third kappa shape index (κ3) is 5.56. The largest absolute Gasteiger partial charge is 0.460 e. The monoisotopic (exact) mass is 433 g/mol. The zero-order valence-corrected chi connectivity index (χ0v) is 17.0. The fourth-order valence-electron chi connectivity index (χ4n) is 3.12. The van der Waals surface area contributed by atoms with E-state index in [9.17, 15) is 30.7 Å². The molecule has 0 bridgehead atoms. The van der Waals surface area contributed by atoms with Crippen molar-refractivity contribution in [1.82, 2.24) is 0 Å². The first-order chi connectivity index (χ1) is 13.6. The molecule has 0 aromatic heterocycles. The van der Waals surface area contributed by atoms with Crippen molar-refractivity contribution in [3.05, 3.63) is 46.6 Å². The summed E-state index contributed by atoms with van der Waals surface area (Å²) < 4.78 is 90.9. The molecule has 0 saturated heterocycles. The molecule has 8 heteroatoms. The van der Waals surface area contributed by atoms with Crippen LogP contribution in [0.3, 0.4) is 0 Å². The minimum absolute atomic E-state index is 0.0429. The van der Waals surface area contributed by atoms with E-state index in [2.05, 4.69) is 13.8 Å². The lowest BCUT2D eigenvalue weighted by molar-refractivity contribution is -0.343. The van der Waals surface area contributed by atoms with Crippen LogP contribution in [0.5, 0.6) is 0 Å². The molecule has 0 spiro atoms. The van der Waals surface area contributed by atoms with Crippen LogP contribution in [0.2, 0.25) is 0 Å². The first-order valence-corrected chi connectivity index (χ1v) is 9.07. The lowest BCUT2D eigenvalue weighted by Gasteiger charge is -2.32. The van der Waals surface area contributed by atoms with E-state index in [1.807, 2.05) is 18.9 Å². The Morgan fingerprint density at radius 3 is 2.17 bits per heavy atom. The summed E-state index contributed by atoms with van der Waals surface area (Å²) in [6, 6.07) is 1.03. The van der Waals surface area contributed by atoms with Crippen molar-refractivity contribution in [1.29, 1.82) is 5.26 Å². The van der Waals surface area contributed by atoms with Gasteiger partial charge in [0, 0.05) is 6.08 Å². The molecule has 0 saturated carbocycles. The highest BCUT2D eigenvalue weighted by atomic mass is 19.4. The Balaban J connectivity index is 3.18. The minimum Gasteiger partial charge on any atom is -0.193 e. The molecule has 0 aromatic carbocycles. The van der Waals surface area contributed by atoms with Gasteiger partial charge in [-0.25, -0.2) is 0 Å². The van der Waals surface area contributed by atoms with E-state index in [0.717, 1.165) is 37.0 Å². The van der Waals surface area contributed by atoms with Crippen LogP contribution in [-0.4, -0.2) is 18.0 Å². The van der Waals surface area contributed by atoms with Gasteiger partial charge in [-0.1, -0.05) is 43.4 Å². The summed E-state index contributed by atoms with van der Waals surface area (Å²) >= 11 is 0. The van der Waals surface area contributed by atoms with Gasteiger partial charge in [0.25, 0.3) is 0 Å². The Labute approximate surface area is 171 Å². The summed E-state index contributed by atoms with van der Waals surface area (Å²) in [4.78, 5) is 0. The predicted octanol–water partition coefficient (Wildman–Crippen LogP) is 7.30. The maximum absolute atomic E-state index is 13.8. The standard InChI is InChI=1S/C22H22F7N/c1-15(10-11-18-16(2)8-6-13-19(18,3)4)7-5-9-17(12-14-30)20(23,24)21(25,26)22(27,28)29/h7,10-12H,6,8,13H2,1-4H3/b11-10+,15-7+,17-12+. The first-order valence-electron chi connectivity index (χ1n) is 9.07. The van der Waals surface area contributed by atoms with E-state index < -0.39 is 23.6 Å². The van der Waals surface area contributed by atoms with Gasteiger partial charge in [-0.2, -0.15) is 36.0 Å². The molecule has 0 aromatic rings. The normalized spacial score (nSPS) is 18.9. The van der Waals surface area contributed by atoms with Crippen LogP contribution in [0.25, 0.3) is 0 Å². The van der Waals surface area contributed by atoms with Crippen molar-refractivity contribution in [3.63, 3.8) is 0 Å². The number of nitriles is 1. The molecule has 0 aliphatic heterocycles. The Kier molecular flexibility index (Phi) is 7.77. The van der Waals surface area contributed by atoms with Crippen molar-refractivity contribution >= 4 is 0 Å². The average Bonchev–Trinajstić information content (AvgIpc) is 2.58. The van der Waals surface area contributed by atoms with Crippen LogP contribution in [0.15, 0.2) is 46.6 Å². The van der Waals surface area contributed by atoms with Gasteiger partial charge < -0.3 is 0 Å².